The van der Waals surface area contributed by atoms with Gasteiger partial charge in [0.25, 0.3) is 0 Å². The third-order valence-corrected chi connectivity index (χ3v) is 2.12. The van der Waals surface area contributed by atoms with Crippen LogP contribution < -0.4 is 4.74 Å². The smallest absolute Gasteiger partial charge is 0.164 e. The van der Waals surface area contributed by atoms with Crippen molar-refractivity contribution in [1.29, 1.82) is 0 Å². The standard InChI is InChI=1S/C11H14O3/c1-7(2)10-8(6-12)4-5-9(13)11(10)14-3/h4-7,13H,1-3H3. The van der Waals surface area contributed by atoms with E-state index in [2.05, 4.69) is 0 Å². The van der Waals surface area contributed by atoms with Crippen molar-refractivity contribution >= 4 is 6.29 Å². The van der Waals surface area contributed by atoms with Gasteiger partial charge in [-0.15, -0.1) is 0 Å². The van der Waals surface area contributed by atoms with Crippen LogP contribution in [-0.2, 0) is 0 Å². The lowest BCUT2D eigenvalue weighted by Gasteiger charge is -2.14. The molecule has 0 aliphatic heterocycles. The third kappa shape index (κ3) is 1.71. The fraction of sp³-hybridized carbons (Fsp3) is 0.364. The van der Waals surface area contributed by atoms with E-state index in [1.807, 2.05) is 13.8 Å². The Morgan fingerprint density at radius 3 is 2.50 bits per heavy atom. The predicted molar refractivity (Wildman–Crippen MR) is 54.1 cm³/mol. The van der Waals surface area contributed by atoms with Gasteiger partial charge in [-0.1, -0.05) is 13.8 Å². The van der Waals surface area contributed by atoms with Gasteiger partial charge in [-0.2, -0.15) is 0 Å². The first-order valence-corrected chi connectivity index (χ1v) is 4.46. The van der Waals surface area contributed by atoms with Gasteiger partial charge in [0.05, 0.1) is 7.11 Å². The van der Waals surface area contributed by atoms with E-state index in [0.717, 1.165) is 11.8 Å². The molecule has 76 valence electrons. The van der Waals surface area contributed by atoms with Crippen molar-refractivity contribution < 1.29 is 14.6 Å². The van der Waals surface area contributed by atoms with Crippen LogP contribution in [0.25, 0.3) is 0 Å². The summed E-state index contributed by atoms with van der Waals surface area (Å²) < 4.78 is 5.07. The molecule has 0 aliphatic rings. The van der Waals surface area contributed by atoms with Crippen LogP contribution in [0.2, 0.25) is 0 Å². The van der Waals surface area contributed by atoms with Gasteiger partial charge in [0.1, 0.15) is 6.29 Å². The summed E-state index contributed by atoms with van der Waals surface area (Å²) in [5.74, 6) is 0.601. The number of phenols is 1. The van der Waals surface area contributed by atoms with E-state index < -0.39 is 0 Å². The Balaban J connectivity index is 3.43. The first-order chi connectivity index (χ1) is 6.61. The summed E-state index contributed by atoms with van der Waals surface area (Å²) in [6.07, 6.45) is 0.775. The van der Waals surface area contributed by atoms with Crippen LogP contribution in [0.4, 0.5) is 0 Å². The number of hydrogen-bond donors (Lipinski definition) is 1. The number of phenolic OH excluding ortho intramolecular Hbond substituents is 1. The zero-order chi connectivity index (χ0) is 10.7. The molecule has 1 N–H and O–H groups in total. The van der Waals surface area contributed by atoms with E-state index in [9.17, 15) is 9.90 Å². The molecule has 3 heteroatoms. The molecule has 0 fully saturated rings. The highest BCUT2D eigenvalue weighted by Gasteiger charge is 2.15. The number of rotatable bonds is 3. The monoisotopic (exact) mass is 194 g/mol. The lowest BCUT2D eigenvalue weighted by molar-refractivity contribution is 0.112. The molecule has 0 heterocycles. The molecule has 1 rings (SSSR count). The molecular formula is C11H14O3. The second-order valence-corrected chi connectivity index (χ2v) is 3.39. The van der Waals surface area contributed by atoms with Gasteiger partial charge in [0.2, 0.25) is 0 Å². The molecule has 0 spiro atoms. The second kappa shape index (κ2) is 4.13. The van der Waals surface area contributed by atoms with Crippen molar-refractivity contribution in [2.75, 3.05) is 7.11 Å². The van der Waals surface area contributed by atoms with Crippen LogP contribution >= 0.6 is 0 Å². The number of ether oxygens (including phenoxy) is 1. The average Bonchev–Trinajstić information content (AvgIpc) is 2.17. The number of aldehydes is 1. The number of hydrogen-bond acceptors (Lipinski definition) is 3. The summed E-state index contributed by atoms with van der Waals surface area (Å²) in [7, 11) is 1.48. The number of methoxy groups -OCH3 is 1. The highest BCUT2D eigenvalue weighted by molar-refractivity contribution is 5.80. The van der Waals surface area contributed by atoms with Crippen LogP contribution in [0.15, 0.2) is 12.1 Å². The number of carbonyl (C=O) groups is 1. The van der Waals surface area contributed by atoms with Crippen LogP contribution in [0.5, 0.6) is 11.5 Å². The van der Waals surface area contributed by atoms with E-state index in [4.69, 9.17) is 4.74 Å². The molecule has 0 saturated carbocycles. The van der Waals surface area contributed by atoms with Crippen molar-refractivity contribution in [1.82, 2.24) is 0 Å². The number of benzene rings is 1. The first kappa shape index (κ1) is 10.6. The molecule has 0 atom stereocenters. The van der Waals surface area contributed by atoms with Crippen LogP contribution in [-0.4, -0.2) is 18.5 Å². The largest absolute Gasteiger partial charge is 0.504 e. The van der Waals surface area contributed by atoms with E-state index in [-0.39, 0.29) is 11.7 Å². The Kier molecular flexibility index (Phi) is 3.12. The Hall–Kier alpha value is -1.51. The maximum Gasteiger partial charge on any atom is 0.164 e. The zero-order valence-electron chi connectivity index (χ0n) is 8.57. The minimum absolute atomic E-state index is 0.0711. The Labute approximate surface area is 83.3 Å². The van der Waals surface area contributed by atoms with Crippen LogP contribution in [0.3, 0.4) is 0 Å². The van der Waals surface area contributed by atoms with Crippen LogP contribution in [0.1, 0.15) is 35.7 Å². The molecule has 0 amide bonds. The third-order valence-electron chi connectivity index (χ3n) is 2.12. The zero-order valence-corrected chi connectivity index (χ0v) is 8.57. The first-order valence-electron chi connectivity index (χ1n) is 4.46. The molecule has 0 aliphatic carbocycles. The van der Waals surface area contributed by atoms with Gasteiger partial charge >= 0.3 is 0 Å². The Bertz CT molecular complexity index is 343. The van der Waals surface area contributed by atoms with Crippen LogP contribution in [0, 0.1) is 0 Å². The molecule has 0 unspecified atom stereocenters. The molecule has 14 heavy (non-hydrogen) atoms. The highest BCUT2D eigenvalue weighted by atomic mass is 16.5. The highest BCUT2D eigenvalue weighted by Crippen LogP contribution is 2.36. The van der Waals surface area contributed by atoms with E-state index >= 15 is 0 Å². The second-order valence-electron chi connectivity index (χ2n) is 3.39. The normalized spacial score (nSPS) is 10.3. The summed E-state index contributed by atoms with van der Waals surface area (Å²) in [5, 5.41) is 9.52. The van der Waals surface area contributed by atoms with E-state index in [0.29, 0.717) is 11.3 Å². The van der Waals surface area contributed by atoms with E-state index in [1.54, 1.807) is 6.07 Å². The summed E-state index contributed by atoms with van der Waals surface area (Å²) in [5.41, 5.74) is 1.32. The summed E-state index contributed by atoms with van der Waals surface area (Å²) in [4.78, 5) is 10.8. The minimum Gasteiger partial charge on any atom is -0.504 e. The van der Waals surface area contributed by atoms with Crippen molar-refractivity contribution in [2.24, 2.45) is 0 Å². The number of aromatic hydroxyl groups is 1. The quantitative estimate of drug-likeness (QED) is 0.751. The van der Waals surface area contributed by atoms with Gasteiger partial charge in [-0.05, 0) is 18.1 Å². The molecule has 3 nitrogen and oxygen atoms in total. The molecule has 0 saturated heterocycles. The molecule has 0 radical (unpaired) electrons. The van der Waals surface area contributed by atoms with E-state index in [1.165, 1.54) is 13.2 Å². The lowest BCUT2D eigenvalue weighted by atomic mass is 9.96. The van der Waals surface area contributed by atoms with Gasteiger partial charge in [0.15, 0.2) is 11.5 Å². The van der Waals surface area contributed by atoms with Gasteiger partial charge in [-0.3, -0.25) is 4.79 Å². The lowest BCUT2D eigenvalue weighted by Crippen LogP contribution is -1.99. The van der Waals surface area contributed by atoms with Crippen molar-refractivity contribution in [3.8, 4) is 11.5 Å². The molecule has 1 aromatic rings. The maximum atomic E-state index is 10.8. The Morgan fingerprint density at radius 1 is 1.43 bits per heavy atom. The minimum atomic E-state index is 0.0711. The van der Waals surface area contributed by atoms with Gasteiger partial charge in [0, 0.05) is 11.1 Å². The average molecular weight is 194 g/mol. The molecule has 1 aromatic carbocycles. The fourth-order valence-corrected chi connectivity index (χ4v) is 1.52. The number of carbonyl (C=O) groups excluding carboxylic acids is 1. The fourth-order valence-electron chi connectivity index (χ4n) is 1.52. The summed E-state index contributed by atoms with van der Waals surface area (Å²) in [6, 6.07) is 3.06. The Morgan fingerprint density at radius 2 is 2.07 bits per heavy atom. The van der Waals surface area contributed by atoms with Gasteiger partial charge < -0.3 is 9.84 Å². The summed E-state index contributed by atoms with van der Waals surface area (Å²) >= 11 is 0. The van der Waals surface area contributed by atoms with Gasteiger partial charge in [-0.25, -0.2) is 0 Å². The van der Waals surface area contributed by atoms with Crippen molar-refractivity contribution in [2.45, 2.75) is 19.8 Å². The maximum absolute atomic E-state index is 10.8. The summed E-state index contributed by atoms with van der Waals surface area (Å²) in [6.45, 7) is 3.90. The SMILES string of the molecule is COc1c(O)ccc(C=O)c1C(C)C. The molecule has 0 bridgehead atoms. The topological polar surface area (TPSA) is 46.5 Å². The van der Waals surface area contributed by atoms with Crippen molar-refractivity contribution in [3.05, 3.63) is 23.3 Å². The molecule has 0 aromatic heterocycles. The molecular weight excluding hydrogens is 180 g/mol. The predicted octanol–water partition coefficient (Wildman–Crippen LogP) is 2.34. The van der Waals surface area contributed by atoms with Crippen molar-refractivity contribution in [3.63, 3.8) is 0 Å².